The Morgan fingerprint density at radius 2 is 1.91 bits per heavy atom. The van der Waals surface area contributed by atoms with Crippen molar-refractivity contribution in [2.75, 3.05) is 11.5 Å². The van der Waals surface area contributed by atoms with E-state index < -0.39 is 0 Å². The van der Waals surface area contributed by atoms with E-state index in [1.165, 1.54) is 65.8 Å². The highest BCUT2D eigenvalue weighted by atomic mass is 32.2. The summed E-state index contributed by atoms with van der Waals surface area (Å²) >= 11 is 4.42. The van der Waals surface area contributed by atoms with Gasteiger partial charge in [-0.2, -0.15) is 0 Å². The van der Waals surface area contributed by atoms with Crippen LogP contribution in [0.15, 0.2) is 29.8 Å². The molecule has 1 spiro atoms. The number of hydrogen-bond donors (Lipinski definition) is 1. The van der Waals surface area contributed by atoms with Crippen molar-refractivity contribution < 1.29 is 0 Å². The van der Waals surface area contributed by atoms with Crippen molar-refractivity contribution in [2.45, 2.75) is 43.1 Å². The van der Waals surface area contributed by atoms with Crippen LogP contribution in [0.25, 0.3) is 17.0 Å². The molecule has 1 nitrogen and oxygen atoms in total. The second-order valence-corrected chi connectivity index (χ2v) is 9.44. The Balaban J connectivity index is 1.80. The standard InChI is InChI=1S/C19H23NS2/c1-14-17(16-8-2-3-9-18(16)20-14)13-15-7-4-5-10-19(15)21-11-6-12-22-19/h2-3,8-9,13,20H,4-7,10-12H2,1H3/b15-13+. The minimum atomic E-state index is 0.376. The molecule has 4 rings (SSSR count). The molecule has 0 bridgehead atoms. The first-order chi connectivity index (χ1) is 10.8. The predicted octanol–water partition coefficient (Wildman–Crippen LogP) is 6.00. The van der Waals surface area contributed by atoms with Gasteiger partial charge in [0, 0.05) is 22.2 Å². The van der Waals surface area contributed by atoms with E-state index in [1.54, 1.807) is 5.57 Å². The molecule has 3 heteroatoms. The van der Waals surface area contributed by atoms with Gasteiger partial charge in [-0.25, -0.2) is 0 Å². The van der Waals surface area contributed by atoms with Gasteiger partial charge >= 0.3 is 0 Å². The van der Waals surface area contributed by atoms with Crippen molar-refractivity contribution >= 4 is 40.5 Å². The Labute approximate surface area is 141 Å². The molecule has 0 amide bonds. The minimum absolute atomic E-state index is 0.376. The van der Waals surface area contributed by atoms with Gasteiger partial charge in [-0.15, -0.1) is 23.5 Å². The summed E-state index contributed by atoms with van der Waals surface area (Å²) in [6.45, 7) is 2.21. The molecule has 1 saturated carbocycles. The van der Waals surface area contributed by atoms with Crippen LogP contribution in [0.5, 0.6) is 0 Å². The SMILES string of the molecule is Cc1[nH]c2ccccc2c1/C=C1\CCCCC12SCCCS2. The number of aryl methyl sites for hydroxylation is 1. The molecule has 2 heterocycles. The Morgan fingerprint density at radius 3 is 2.77 bits per heavy atom. The first-order valence-corrected chi connectivity index (χ1v) is 10.3. The molecule has 2 aromatic rings. The van der Waals surface area contributed by atoms with E-state index in [4.69, 9.17) is 0 Å². The van der Waals surface area contributed by atoms with E-state index in [1.807, 2.05) is 0 Å². The van der Waals surface area contributed by atoms with Crippen LogP contribution in [-0.4, -0.2) is 20.6 Å². The van der Waals surface area contributed by atoms with Gasteiger partial charge in [0.2, 0.25) is 0 Å². The molecular formula is C19H23NS2. The summed E-state index contributed by atoms with van der Waals surface area (Å²) in [5, 5.41) is 1.37. The number of fused-ring (bicyclic) bond motifs is 1. The van der Waals surface area contributed by atoms with Crippen LogP contribution < -0.4 is 0 Å². The topological polar surface area (TPSA) is 15.8 Å². The second kappa shape index (κ2) is 6.01. The molecule has 1 aromatic carbocycles. The van der Waals surface area contributed by atoms with Crippen molar-refractivity contribution in [2.24, 2.45) is 0 Å². The smallest absolute Gasteiger partial charge is 0.0823 e. The van der Waals surface area contributed by atoms with Crippen LogP contribution >= 0.6 is 23.5 Å². The highest BCUT2D eigenvalue weighted by Gasteiger charge is 2.39. The van der Waals surface area contributed by atoms with Crippen molar-refractivity contribution in [1.29, 1.82) is 0 Å². The van der Waals surface area contributed by atoms with Gasteiger partial charge in [0.1, 0.15) is 0 Å². The van der Waals surface area contributed by atoms with E-state index in [2.05, 4.69) is 65.8 Å². The zero-order chi connectivity index (χ0) is 15.0. The van der Waals surface area contributed by atoms with Gasteiger partial charge in [0.05, 0.1) is 4.08 Å². The predicted molar refractivity (Wildman–Crippen MR) is 102 cm³/mol. The van der Waals surface area contributed by atoms with Crippen LogP contribution in [0.4, 0.5) is 0 Å². The van der Waals surface area contributed by atoms with E-state index in [-0.39, 0.29) is 0 Å². The molecule has 22 heavy (non-hydrogen) atoms. The number of nitrogens with one attached hydrogen (secondary N) is 1. The summed E-state index contributed by atoms with van der Waals surface area (Å²) in [5.41, 5.74) is 5.67. The van der Waals surface area contributed by atoms with E-state index in [0.29, 0.717) is 4.08 Å². The minimum Gasteiger partial charge on any atom is -0.358 e. The van der Waals surface area contributed by atoms with Crippen molar-refractivity contribution in [3.63, 3.8) is 0 Å². The van der Waals surface area contributed by atoms with Crippen LogP contribution in [0.1, 0.15) is 43.4 Å². The lowest BCUT2D eigenvalue weighted by molar-refractivity contribution is 0.587. The number of hydrogen-bond acceptors (Lipinski definition) is 2. The molecule has 1 aromatic heterocycles. The van der Waals surface area contributed by atoms with E-state index in [9.17, 15) is 0 Å². The first kappa shape index (κ1) is 14.8. The molecule has 0 atom stereocenters. The number of H-pyrrole nitrogens is 1. The van der Waals surface area contributed by atoms with Gasteiger partial charge in [0.15, 0.2) is 0 Å². The van der Waals surface area contributed by atoms with Crippen molar-refractivity contribution in [3.05, 3.63) is 41.1 Å². The summed E-state index contributed by atoms with van der Waals surface area (Å²) in [7, 11) is 0. The van der Waals surface area contributed by atoms with Crippen molar-refractivity contribution in [1.82, 2.24) is 4.98 Å². The average molecular weight is 330 g/mol. The lowest BCUT2D eigenvalue weighted by atomic mass is 9.91. The van der Waals surface area contributed by atoms with Gasteiger partial charge in [-0.3, -0.25) is 0 Å². The van der Waals surface area contributed by atoms with Crippen LogP contribution in [0.3, 0.4) is 0 Å². The summed E-state index contributed by atoms with van der Waals surface area (Å²) in [4.78, 5) is 3.55. The Kier molecular flexibility index (Phi) is 4.04. The van der Waals surface area contributed by atoms with Gasteiger partial charge < -0.3 is 4.98 Å². The summed E-state index contributed by atoms with van der Waals surface area (Å²) in [6, 6.07) is 8.70. The largest absolute Gasteiger partial charge is 0.358 e. The number of para-hydroxylation sites is 1. The third kappa shape index (κ3) is 2.52. The fraction of sp³-hybridized carbons (Fsp3) is 0.474. The van der Waals surface area contributed by atoms with Crippen LogP contribution in [-0.2, 0) is 0 Å². The molecule has 0 unspecified atom stereocenters. The molecule has 1 N–H and O–H groups in total. The van der Waals surface area contributed by atoms with Crippen molar-refractivity contribution in [3.8, 4) is 0 Å². The highest BCUT2D eigenvalue weighted by Crippen LogP contribution is 2.54. The lowest BCUT2D eigenvalue weighted by Gasteiger charge is -2.41. The third-order valence-electron chi connectivity index (χ3n) is 4.91. The molecule has 1 saturated heterocycles. The van der Waals surface area contributed by atoms with Gasteiger partial charge in [-0.1, -0.05) is 30.7 Å². The second-order valence-electron chi connectivity index (χ2n) is 6.39. The zero-order valence-corrected chi connectivity index (χ0v) is 14.8. The molecular weight excluding hydrogens is 306 g/mol. The molecule has 2 aliphatic rings. The summed E-state index contributed by atoms with van der Waals surface area (Å²) < 4.78 is 0.376. The van der Waals surface area contributed by atoms with E-state index >= 15 is 0 Å². The van der Waals surface area contributed by atoms with E-state index in [0.717, 1.165) is 0 Å². The third-order valence-corrected chi connectivity index (χ3v) is 8.47. The number of aromatic amines is 1. The lowest BCUT2D eigenvalue weighted by Crippen LogP contribution is -2.30. The monoisotopic (exact) mass is 329 g/mol. The molecule has 1 aliphatic carbocycles. The molecule has 2 fully saturated rings. The van der Waals surface area contributed by atoms with Crippen LogP contribution in [0, 0.1) is 6.92 Å². The maximum atomic E-state index is 3.55. The number of rotatable bonds is 1. The molecule has 116 valence electrons. The fourth-order valence-corrected chi connectivity index (χ4v) is 7.29. The zero-order valence-electron chi connectivity index (χ0n) is 13.2. The normalized spacial score (nSPS) is 23.4. The Morgan fingerprint density at radius 1 is 1.09 bits per heavy atom. The fourth-order valence-electron chi connectivity index (χ4n) is 3.77. The Bertz CT molecular complexity index is 699. The maximum Gasteiger partial charge on any atom is 0.0823 e. The van der Waals surface area contributed by atoms with Gasteiger partial charge in [0.25, 0.3) is 0 Å². The highest BCUT2D eigenvalue weighted by molar-refractivity contribution is 8.19. The maximum absolute atomic E-state index is 3.55. The molecule has 0 radical (unpaired) electrons. The Hall–Kier alpha value is -0.800. The van der Waals surface area contributed by atoms with Crippen LogP contribution in [0.2, 0.25) is 0 Å². The quantitative estimate of drug-likeness (QED) is 0.690. The average Bonchev–Trinajstić information content (AvgIpc) is 2.86. The molecule has 1 aliphatic heterocycles. The number of aromatic nitrogens is 1. The number of thioether (sulfide) groups is 2. The summed E-state index contributed by atoms with van der Waals surface area (Å²) in [5.74, 6) is 2.66. The first-order valence-electron chi connectivity index (χ1n) is 8.35. The number of benzene rings is 1. The summed E-state index contributed by atoms with van der Waals surface area (Å²) in [6.07, 6.45) is 9.28. The van der Waals surface area contributed by atoms with Gasteiger partial charge in [-0.05, 0) is 55.8 Å².